The number of carbonyl (C=O) groups is 2. The molecule has 2 unspecified atom stereocenters. The van der Waals surface area contributed by atoms with E-state index < -0.39 is 0 Å². The fraction of sp³-hybridized carbons (Fsp3) is 0.462. The molecule has 0 bridgehead atoms. The predicted molar refractivity (Wildman–Crippen MR) is 126 cm³/mol. The molecule has 3 rings (SSSR count). The van der Waals surface area contributed by atoms with E-state index in [-0.39, 0.29) is 29.3 Å². The molecule has 5 heteroatoms. The van der Waals surface area contributed by atoms with Crippen molar-refractivity contribution in [1.29, 1.82) is 0 Å². The molecule has 1 aliphatic rings. The zero-order chi connectivity index (χ0) is 22.6. The van der Waals surface area contributed by atoms with Crippen molar-refractivity contribution in [1.82, 2.24) is 4.90 Å². The normalized spacial score (nSPS) is 19.0. The lowest BCUT2D eigenvalue weighted by atomic mass is 9.87. The first-order chi connectivity index (χ1) is 14.6. The zero-order valence-corrected chi connectivity index (χ0v) is 19.2. The highest BCUT2D eigenvalue weighted by Crippen LogP contribution is 2.25. The summed E-state index contributed by atoms with van der Waals surface area (Å²) in [6.45, 7) is 8.60. The average Bonchev–Trinajstić information content (AvgIpc) is 2.73. The summed E-state index contributed by atoms with van der Waals surface area (Å²) in [5, 5.41) is 2.95. The third-order valence-corrected chi connectivity index (χ3v) is 6.16. The lowest BCUT2D eigenvalue weighted by molar-refractivity contribution is -0.133. The third kappa shape index (κ3) is 5.95. The van der Waals surface area contributed by atoms with Gasteiger partial charge in [0.05, 0.1) is 0 Å². The maximum absolute atomic E-state index is 12.6. The molecule has 1 aliphatic carbocycles. The molecule has 0 radical (unpaired) electrons. The lowest BCUT2D eigenvalue weighted by Crippen LogP contribution is -2.50. The second-order valence-electron chi connectivity index (χ2n) is 9.64. The van der Waals surface area contributed by atoms with Crippen molar-refractivity contribution in [2.24, 2.45) is 5.73 Å². The maximum Gasteiger partial charge on any atom is 0.255 e. The Kier molecular flexibility index (Phi) is 7.16. The van der Waals surface area contributed by atoms with Gasteiger partial charge < -0.3 is 16.0 Å². The number of benzene rings is 2. The Morgan fingerprint density at radius 1 is 1.00 bits per heavy atom. The number of hydrogen-bond acceptors (Lipinski definition) is 3. The molecular weight excluding hydrogens is 386 g/mol. The molecule has 1 saturated carbocycles. The molecule has 166 valence electrons. The number of nitrogens with zero attached hydrogens (tertiary/aromatic N) is 1. The Hall–Kier alpha value is -2.66. The first-order valence-electron chi connectivity index (χ1n) is 11.2. The van der Waals surface area contributed by atoms with Crippen LogP contribution in [-0.2, 0) is 16.8 Å². The van der Waals surface area contributed by atoms with Crippen LogP contribution in [0.5, 0.6) is 0 Å². The number of amides is 2. The maximum atomic E-state index is 12.6. The minimum Gasteiger partial charge on any atom is -0.334 e. The molecule has 31 heavy (non-hydrogen) atoms. The Labute approximate surface area is 186 Å². The number of anilines is 1. The van der Waals surface area contributed by atoms with Crippen LogP contribution in [0.25, 0.3) is 0 Å². The molecule has 0 aliphatic heterocycles. The largest absolute Gasteiger partial charge is 0.334 e. The van der Waals surface area contributed by atoms with Crippen LogP contribution in [0.15, 0.2) is 48.5 Å². The van der Waals surface area contributed by atoms with E-state index in [1.807, 2.05) is 53.4 Å². The van der Waals surface area contributed by atoms with Crippen LogP contribution in [0.4, 0.5) is 5.69 Å². The highest BCUT2D eigenvalue weighted by molar-refractivity contribution is 6.04. The van der Waals surface area contributed by atoms with Crippen molar-refractivity contribution >= 4 is 17.5 Å². The van der Waals surface area contributed by atoms with Crippen molar-refractivity contribution in [2.45, 2.75) is 77.4 Å². The van der Waals surface area contributed by atoms with Gasteiger partial charge in [0.2, 0.25) is 5.91 Å². The summed E-state index contributed by atoms with van der Waals surface area (Å²) in [7, 11) is 0. The van der Waals surface area contributed by atoms with Crippen molar-refractivity contribution in [3.05, 3.63) is 65.2 Å². The highest BCUT2D eigenvalue weighted by Gasteiger charge is 2.29. The van der Waals surface area contributed by atoms with E-state index in [2.05, 4.69) is 26.1 Å². The third-order valence-electron chi connectivity index (χ3n) is 6.16. The second kappa shape index (κ2) is 9.65. The smallest absolute Gasteiger partial charge is 0.255 e. The zero-order valence-electron chi connectivity index (χ0n) is 19.2. The SMILES string of the molecule is CC(=O)N(Cc1ccc(NC(=O)c2ccc(C(C)(C)C)cc2)cc1)C1CCCCC1N. The molecule has 2 aromatic rings. The number of carbonyl (C=O) groups excluding carboxylic acids is 2. The standard InChI is InChI=1S/C26H35N3O2/c1-18(30)29(24-8-6-5-7-23(24)27)17-19-9-15-22(16-10-19)28-25(31)20-11-13-21(14-12-20)26(2,3)4/h9-16,23-24H,5-8,17,27H2,1-4H3,(H,28,31). The highest BCUT2D eigenvalue weighted by atomic mass is 16.2. The van der Waals surface area contributed by atoms with Gasteiger partial charge in [0, 0.05) is 36.8 Å². The molecular formula is C26H35N3O2. The van der Waals surface area contributed by atoms with Crippen molar-refractivity contribution < 1.29 is 9.59 Å². The van der Waals surface area contributed by atoms with E-state index in [0.717, 1.165) is 36.9 Å². The molecule has 2 atom stereocenters. The number of rotatable bonds is 5. The Morgan fingerprint density at radius 2 is 1.61 bits per heavy atom. The summed E-state index contributed by atoms with van der Waals surface area (Å²) in [6, 6.07) is 15.6. The summed E-state index contributed by atoms with van der Waals surface area (Å²) in [4.78, 5) is 26.8. The first-order valence-corrected chi connectivity index (χ1v) is 11.2. The Morgan fingerprint density at radius 3 is 2.16 bits per heavy atom. The molecule has 0 saturated heterocycles. The van der Waals surface area contributed by atoms with Gasteiger partial charge >= 0.3 is 0 Å². The Balaban J connectivity index is 1.64. The monoisotopic (exact) mass is 421 g/mol. The molecule has 2 aromatic carbocycles. The van der Waals surface area contributed by atoms with Crippen LogP contribution in [-0.4, -0.2) is 28.8 Å². The molecule has 0 heterocycles. The summed E-state index contributed by atoms with van der Waals surface area (Å²) in [5.41, 5.74) is 9.94. The van der Waals surface area contributed by atoms with Gasteiger partial charge in [-0.15, -0.1) is 0 Å². The summed E-state index contributed by atoms with van der Waals surface area (Å²) < 4.78 is 0. The topological polar surface area (TPSA) is 75.4 Å². The van der Waals surface area contributed by atoms with Crippen LogP contribution in [0, 0.1) is 0 Å². The molecule has 0 aromatic heterocycles. The second-order valence-corrected chi connectivity index (χ2v) is 9.64. The molecule has 3 N–H and O–H groups in total. The van der Waals surface area contributed by atoms with Gasteiger partial charge in [-0.05, 0) is 53.6 Å². The fourth-order valence-electron chi connectivity index (χ4n) is 4.20. The van der Waals surface area contributed by atoms with Crippen LogP contribution in [0.3, 0.4) is 0 Å². The van der Waals surface area contributed by atoms with Gasteiger partial charge in [-0.3, -0.25) is 9.59 Å². The minimum atomic E-state index is -0.133. The van der Waals surface area contributed by atoms with Gasteiger partial charge in [-0.25, -0.2) is 0 Å². The number of nitrogens with one attached hydrogen (secondary N) is 1. The Bertz CT molecular complexity index is 898. The summed E-state index contributed by atoms with van der Waals surface area (Å²) in [6.07, 6.45) is 4.18. The van der Waals surface area contributed by atoms with E-state index in [9.17, 15) is 9.59 Å². The van der Waals surface area contributed by atoms with Crippen LogP contribution in [0.2, 0.25) is 0 Å². The van der Waals surface area contributed by atoms with E-state index >= 15 is 0 Å². The molecule has 1 fully saturated rings. The minimum absolute atomic E-state index is 0.0425. The van der Waals surface area contributed by atoms with E-state index in [4.69, 9.17) is 5.73 Å². The van der Waals surface area contributed by atoms with Crippen molar-refractivity contribution in [2.75, 3.05) is 5.32 Å². The van der Waals surface area contributed by atoms with Gasteiger partial charge in [-0.2, -0.15) is 0 Å². The molecule has 0 spiro atoms. The van der Waals surface area contributed by atoms with Crippen LogP contribution in [0.1, 0.15) is 74.9 Å². The van der Waals surface area contributed by atoms with E-state index in [1.54, 1.807) is 6.92 Å². The fourth-order valence-corrected chi connectivity index (χ4v) is 4.20. The van der Waals surface area contributed by atoms with Gasteiger partial charge in [-0.1, -0.05) is 57.9 Å². The van der Waals surface area contributed by atoms with Crippen molar-refractivity contribution in [3.8, 4) is 0 Å². The average molecular weight is 422 g/mol. The predicted octanol–water partition coefficient (Wildman–Crippen LogP) is 4.85. The first kappa shape index (κ1) is 23.0. The van der Waals surface area contributed by atoms with E-state index in [1.165, 1.54) is 5.56 Å². The number of nitrogens with two attached hydrogens (primary N) is 1. The van der Waals surface area contributed by atoms with Gasteiger partial charge in [0.25, 0.3) is 5.91 Å². The summed E-state index contributed by atoms with van der Waals surface area (Å²) in [5.74, 6) is -0.0785. The van der Waals surface area contributed by atoms with Crippen LogP contribution >= 0.6 is 0 Å². The number of hydrogen-bond donors (Lipinski definition) is 2. The van der Waals surface area contributed by atoms with Crippen molar-refractivity contribution in [3.63, 3.8) is 0 Å². The lowest BCUT2D eigenvalue weighted by Gasteiger charge is -2.38. The van der Waals surface area contributed by atoms with Crippen LogP contribution < -0.4 is 11.1 Å². The summed E-state index contributed by atoms with van der Waals surface area (Å²) >= 11 is 0. The van der Waals surface area contributed by atoms with E-state index in [0.29, 0.717) is 12.1 Å². The molecule has 5 nitrogen and oxygen atoms in total. The molecule has 2 amide bonds. The van der Waals surface area contributed by atoms with Gasteiger partial charge in [0.1, 0.15) is 0 Å². The quantitative estimate of drug-likeness (QED) is 0.724. The van der Waals surface area contributed by atoms with Gasteiger partial charge in [0.15, 0.2) is 0 Å².